The summed E-state index contributed by atoms with van der Waals surface area (Å²) in [6.07, 6.45) is 5.78. The van der Waals surface area contributed by atoms with Gasteiger partial charge in [-0.2, -0.15) is 0 Å². The van der Waals surface area contributed by atoms with E-state index < -0.39 is 0 Å². The summed E-state index contributed by atoms with van der Waals surface area (Å²) in [5.41, 5.74) is 4.07. The van der Waals surface area contributed by atoms with Gasteiger partial charge in [-0.15, -0.1) is 0 Å². The highest BCUT2D eigenvalue weighted by Crippen LogP contribution is 2.24. The minimum absolute atomic E-state index is 0.787. The van der Waals surface area contributed by atoms with Gasteiger partial charge in [-0.25, -0.2) is 0 Å². The van der Waals surface area contributed by atoms with Crippen LogP contribution in [0.3, 0.4) is 0 Å². The Morgan fingerprint density at radius 1 is 1.22 bits per heavy atom. The Hall–Kier alpha value is -0.930. The van der Waals surface area contributed by atoms with Crippen LogP contribution in [0, 0.1) is 6.92 Å². The molecule has 3 nitrogen and oxygen atoms in total. The second-order valence-electron chi connectivity index (χ2n) is 5.87. The first-order valence-corrected chi connectivity index (χ1v) is 7.09. The molecule has 1 saturated heterocycles. The Kier molecular flexibility index (Phi) is 3.35. The van der Waals surface area contributed by atoms with Crippen molar-refractivity contribution >= 4 is 0 Å². The Morgan fingerprint density at radius 3 is 2.78 bits per heavy atom. The second-order valence-corrected chi connectivity index (χ2v) is 5.87. The topological polar surface area (TPSA) is 19.4 Å². The quantitative estimate of drug-likeness (QED) is 0.752. The number of fused-ring (bicyclic) bond motifs is 1. The molecule has 2 aliphatic rings. The summed E-state index contributed by atoms with van der Waals surface area (Å²) in [5, 5.41) is 0. The summed E-state index contributed by atoms with van der Waals surface area (Å²) < 4.78 is 0. The van der Waals surface area contributed by atoms with Gasteiger partial charge in [-0.1, -0.05) is 6.07 Å². The zero-order valence-corrected chi connectivity index (χ0v) is 11.5. The molecule has 3 heteroatoms. The number of hydrogen-bond acceptors (Lipinski definition) is 3. The summed E-state index contributed by atoms with van der Waals surface area (Å²) in [7, 11) is 2.23. The molecule has 0 bridgehead atoms. The van der Waals surface area contributed by atoms with Gasteiger partial charge in [0.2, 0.25) is 0 Å². The van der Waals surface area contributed by atoms with Crippen molar-refractivity contribution in [2.24, 2.45) is 0 Å². The molecule has 0 N–H and O–H groups in total. The lowest BCUT2D eigenvalue weighted by molar-refractivity contribution is 0.109. The van der Waals surface area contributed by atoms with E-state index in [0.29, 0.717) is 0 Å². The van der Waals surface area contributed by atoms with Crippen LogP contribution >= 0.6 is 0 Å². The highest BCUT2D eigenvalue weighted by molar-refractivity contribution is 5.26. The van der Waals surface area contributed by atoms with Crippen LogP contribution in [0.4, 0.5) is 0 Å². The van der Waals surface area contributed by atoms with Crippen molar-refractivity contribution in [1.29, 1.82) is 0 Å². The number of aromatic nitrogens is 1. The molecule has 0 amide bonds. The Bertz CT molecular complexity index is 422. The van der Waals surface area contributed by atoms with E-state index in [-0.39, 0.29) is 0 Å². The van der Waals surface area contributed by atoms with E-state index in [9.17, 15) is 0 Å². The lowest BCUT2D eigenvalue weighted by atomic mass is 9.98. The third-order valence-corrected chi connectivity index (χ3v) is 4.41. The van der Waals surface area contributed by atoms with Crippen molar-refractivity contribution in [2.75, 3.05) is 26.7 Å². The number of rotatable bonds is 1. The number of pyridine rings is 1. The molecule has 0 atom stereocenters. The van der Waals surface area contributed by atoms with Gasteiger partial charge in [-0.05, 0) is 51.0 Å². The maximum Gasteiger partial charge on any atom is 0.0461 e. The van der Waals surface area contributed by atoms with Gasteiger partial charge in [-0.3, -0.25) is 9.88 Å². The summed E-state index contributed by atoms with van der Waals surface area (Å²) in [6.45, 7) is 6.94. The molecule has 0 aliphatic carbocycles. The molecule has 0 aromatic carbocycles. The lowest BCUT2D eigenvalue weighted by Crippen LogP contribution is -2.45. The Balaban J connectivity index is 1.70. The van der Waals surface area contributed by atoms with Crippen LogP contribution in [0.25, 0.3) is 0 Å². The van der Waals surface area contributed by atoms with Crippen molar-refractivity contribution < 1.29 is 0 Å². The summed E-state index contributed by atoms with van der Waals surface area (Å²) in [5.74, 6) is 0. The van der Waals surface area contributed by atoms with E-state index in [1.807, 2.05) is 6.20 Å². The van der Waals surface area contributed by atoms with E-state index >= 15 is 0 Å². The predicted octanol–water partition coefficient (Wildman–Crippen LogP) is 1.84. The third kappa shape index (κ3) is 2.43. The SMILES string of the molecule is Cc1cnc2c(c1)CN(C1CCN(C)CC1)CC2. The first-order chi connectivity index (χ1) is 8.72. The number of likely N-dealkylation sites (tertiary alicyclic amines) is 1. The normalized spacial score (nSPS) is 23.0. The van der Waals surface area contributed by atoms with E-state index in [1.165, 1.54) is 49.3 Å². The standard InChI is InChI=1S/C15H23N3/c1-12-9-13-11-18(8-5-15(13)16-10-12)14-3-6-17(2)7-4-14/h9-10,14H,3-8,11H2,1-2H3. The van der Waals surface area contributed by atoms with E-state index in [1.54, 1.807) is 0 Å². The molecule has 98 valence electrons. The van der Waals surface area contributed by atoms with Crippen molar-refractivity contribution in [2.45, 2.75) is 38.8 Å². The van der Waals surface area contributed by atoms with Crippen LogP contribution in [0.15, 0.2) is 12.3 Å². The molecule has 18 heavy (non-hydrogen) atoms. The maximum absolute atomic E-state index is 4.58. The van der Waals surface area contributed by atoms with Gasteiger partial charge in [0, 0.05) is 37.4 Å². The molecule has 0 saturated carbocycles. The minimum Gasteiger partial charge on any atom is -0.306 e. The molecule has 0 unspecified atom stereocenters. The molecule has 0 radical (unpaired) electrons. The largest absolute Gasteiger partial charge is 0.306 e. The van der Waals surface area contributed by atoms with Crippen molar-refractivity contribution in [3.05, 3.63) is 29.1 Å². The van der Waals surface area contributed by atoms with Gasteiger partial charge in [0.25, 0.3) is 0 Å². The molecule has 3 heterocycles. The predicted molar refractivity (Wildman–Crippen MR) is 73.6 cm³/mol. The molecule has 1 fully saturated rings. The molecule has 1 aromatic heterocycles. The second kappa shape index (κ2) is 4.98. The van der Waals surface area contributed by atoms with E-state index in [2.05, 4.69) is 34.8 Å². The van der Waals surface area contributed by atoms with Crippen LogP contribution < -0.4 is 0 Å². The van der Waals surface area contributed by atoms with Crippen LogP contribution in [-0.4, -0.2) is 47.5 Å². The van der Waals surface area contributed by atoms with Crippen LogP contribution in [0.1, 0.15) is 29.7 Å². The molecular formula is C15H23N3. The van der Waals surface area contributed by atoms with E-state index in [0.717, 1.165) is 19.0 Å². The lowest BCUT2D eigenvalue weighted by Gasteiger charge is -2.39. The zero-order chi connectivity index (χ0) is 12.5. The number of hydrogen-bond donors (Lipinski definition) is 0. The Labute approximate surface area is 110 Å². The van der Waals surface area contributed by atoms with Crippen LogP contribution in [-0.2, 0) is 13.0 Å². The van der Waals surface area contributed by atoms with Gasteiger partial charge < -0.3 is 4.90 Å². The first kappa shape index (κ1) is 12.1. The number of aryl methyl sites for hydroxylation is 1. The average molecular weight is 245 g/mol. The molecule has 3 rings (SSSR count). The Morgan fingerprint density at radius 2 is 2.00 bits per heavy atom. The van der Waals surface area contributed by atoms with Crippen LogP contribution in [0.2, 0.25) is 0 Å². The summed E-state index contributed by atoms with van der Waals surface area (Å²) in [4.78, 5) is 9.70. The van der Waals surface area contributed by atoms with Crippen molar-refractivity contribution in [3.63, 3.8) is 0 Å². The molecule has 1 aromatic rings. The van der Waals surface area contributed by atoms with Crippen molar-refractivity contribution in [3.8, 4) is 0 Å². The summed E-state index contributed by atoms with van der Waals surface area (Å²) >= 11 is 0. The maximum atomic E-state index is 4.58. The number of nitrogens with zero attached hydrogens (tertiary/aromatic N) is 3. The fourth-order valence-corrected chi connectivity index (χ4v) is 3.24. The monoisotopic (exact) mass is 245 g/mol. The van der Waals surface area contributed by atoms with Crippen LogP contribution in [0.5, 0.6) is 0 Å². The first-order valence-electron chi connectivity index (χ1n) is 7.09. The smallest absolute Gasteiger partial charge is 0.0461 e. The highest BCUT2D eigenvalue weighted by atomic mass is 15.2. The van der Waals surface area contributed by atoms with Gasteiger partial charge >= 0.3 is 0 Å². The zero-order valence-electron chi connectivity index (χ0n) is 11.5. The number of piperidine rings is 1. The average Bonchev–Trinajstić information content (AvgIpc) is 2.38. The summed E-state index contributed by atoms with van der Waals surface area (Å²) in [6, 6.07) is 3.11. The molecule has 0 spiro atoms. The van der Waals surface area contributed by atoms with Gasteiger partial charge in [0.05, 0.1) is 0 Å². The van der Waals surface area contributed by atoms with Gasteiger partial charge in [0.15, 0.2) is 0 Å². The fourth-order valence-electron chi connectivity index (χ4n) is 3.24. The van der Waals surface area contributed by atoms with Gasteiger partial charge in [0.1, 0.15) is 0 Å². The highest BCUT2D eigenvalue weighted by Gasteiger charge is 2.26. The third-order valence-electron chi connectivity index (χ3n) is 4.41. The molecule has 2 aliphatic heterocycles. The van der Waals surface area contributed by atoms with E-state index in [4.69, 9.17) is 0 Å². The van der Waals surface area contributed by atoms with Crippen molar-refractivity contribution in [1.82, 2.24) is 14.8 Å². The fraction of sp³-hybridized carbons (Fsp3) is 0.667. The molecular weight excluding hydrogens is 222 g/mol. The minimum atomic E-state index is 0.787.